The van der Waals surface area contributed by atoms with Gasteiger partial charge < -0.3 is 20.1 Å². The van der Waals surface area contributed by atoms with Crippen molar-refractivity contribution < 1.29 is 37.6 Å². The molecule has 1 heterocycles. The Morgan fingerprint density at radius 2 is 1.80 bits per heavy atom. The van der Waals surface area contributed by atoms with Gasteiger partial charge in [0.15, 0.2) is 29.0 Å². The van der Waals surface area contributed by atoms with E-state index in [-0.39, 0.29) is 36.7 Å². The van der Waals surface area contributed by atoms with Gasteiger partial charge in [0.2, 0.25) is 0 Å². The van der Waals surface area contributed by atoms with Crippen LogP contribution in [-0.2, 0) is 0 Å². The molecule has 0 aromatic heterocycles. The van der Waals surface area contributed by atoms with Crippen LogP contribution in [0.3, 0.4) is 0 Å². The Balaban J connectivity index is 1.37. The van der Waals surface area contributed by atoms with Crippen molar-refractivity contribution in [3.05, 3.63) is 59.2 Å². The maximum Gasteiger partial charge on any atom is 0.187 e. The highest BCUT2D eigenvalue weighted by Crippen LogP contribution is 2.43. The van der Waals surface area contributed by atoms with E-state index in [0.717, 1.165) is 24.3 Å². The van der Waals surface area contributed by atoms with Gasteiger partial charge in [-0.25, -0.2) is 17.6 Å². The van der Waals surface area contributed by atoms with E-state index in [0.29, 0.717) is 13.0 Å². The molecule has 1 aliphatic heterocycles. The second-order valence-corrected chi connectivity index (χ2v) is 8.10. The Bertz CT molecular complexity index is 936. The Labute approximate surface area is 170 Å². The number of β-amino-alcohol motifs (C(OH)–C–C–N with tert-alkyl or cyclic N) is 2. The van der Waals surface area contributed by atoms with Gasteiger partial charge in [-0.05, 0) is 36.2 Å². The van der Waals surface area contributed by atoms with Crippen LogP contribution >= 0.6 is 0 Å². The lowest BCUT2D eigenvalue weighted by molar-refractivity contribution is 0.0175. The molecule has 3 N–H and O–H groups in total. The molecule has 2 fully saturated rings. The van der Waals surface area contributed by atoms with Gasteiger partial charge in [-0.15, -0.1) is 0 Å². The summed E-state index contributed by atoms with van der Waals surface area (Å²) in [5, 5.41) is 30.5. The number of halogens is 4. The Morgan fingerprint density at radius 3 is 2.43 bits per heavy atom. The molecule has 0 radical (unpaired) electrons. The Kier molecular flexibility index (Phi) is 5.37. The molecule has 0 amide bonds. The molecule has 4 atom stereocenters. The Hall–Kier alpha value is -2.36. The Morgan fingerprint density at radius 1 is 1.10 bits per heavy atom. The third-order valence-electron chi connectivity index (χ3n) is 5.91. The van der Waals surface area contributed by atoms with E-state index in [2.05, 4.69) is 0 Å². The van der Waals surface area contributed by atoms with Crippen LogP contribution < -0.4 is 4.74 Å². The molecule has 162 valence electrons. The number of fused-ring (bicyclic) bond motifs is 1. The molecule has 2 aromatic rings. The zero-order chi connectivity index (χ0) is 21.6. The van der Waals surface area contributed by atoms with Crippen molar-refractivity contribution >= 4 is 0 Å². The second-order valence-electron chi connectivity index (χ2n) is 8.10. The van der Waals surface area contributed by atoms with Gasteiger partial charge in [0, 0.05) is 38.0 Å². The zero-order valence-electron chi connectivity index (χ0n) is 15.9. The van der Waals surface area contributed by atoms with E-state index in [1.807, 2.05) is 0 Å². The summed E-state index contributed by atoms with van der Waals surface area (Å²) in [6.45, 7) is 0.673. The normalized spacial score (nSPS) is 27.3. The van der Waals surface area contributed by atoms with Crippen LogP contribution in [0.4, 0.5) is 17.6 Å². The third-order valence-corrected chi connectivity index (χ3v) is 5.91. The molecule has 5 nitrogen and oxygen atoms in total. The standard InChI is InChI=1S/C21H21F4NO4/c22-13-1-2-19(15(23)6-13)30-14-5-12-8-26(10-21(12,29)7-14)9-18(27)11-3-16(24)20(28)17(25)4-11/h1-4,6,12,14,18,27-29H,5,7-10H2/t12-,14+,18+,21-/m0/s1. The molecule has 0 unspecified atom stereocenters. The largest absolute Gasteiger partial charge is 0.503 e. The smallest absolute Gasteiger partial charge is 0.187 e. The molecule has 4 rings (SSSR count). The summed E-state index contributed by atoms with van der Waals surface area (Å²) in [7, 11) is 0. The lowest BCUT2D eigenvalue weighted by Crippen LogP contribution is -2.36. The SMILES string of the molecule is Oc1c(F)cc([C@H](O)CN2C[C@@H]3C[C@@H](Oc4ccc(F)cc4F)C[C@]3(O)C2)cc1F. The number of aromatic hydroxyl groups is 1. The van der Waals surface area contributed by atoms with E-state index < -0.39 is 46.8 Å². The first-order chi connectivity index (χ1) is 14.1. The fraction of sp³-hybridized carbons (Fsp3) is 0.429. The highest BCUT2D eigenvalue weighted by atomic mass is 19.1. The summed E-state index contributed by atoms with van der Waals surface area (Å²) in [5.41, 5.74) is -1.12. The van der Waals surface area contributed by atoms with E-state index in [1.54, 1.807) is 4.90 Å². The number of benzene rings is 2. The predicted octanol–water partition coefficient (Wildman–Crippen LogP) is 2.89. The summed E-state index contributed by atoms with van der Waals surface area (Å²) in [4.78, 5) is 1.78. The molecule has 2 aromatic carbocycles. The lowest BCUT2D eigenvalue weighted by Gasteiger charge is -2.25. The average Bonchev–Trinajstić information content (AvgIpc) is 3.11. The summed E-state index contributed by atoms with van der Waals surface area (Å²) >= 11 is 0. The predicted molar refractivity (Wildman–Crippen MR) is 97.9 cm³/mol. The third kappa shape index (κ3) is 3.97. The zero-order valence-corrected chi connectivity index (χ0v) is 15.9. The van der Waals surface area contributed by atoms with E-state index in [4.69, 9.17) is 4.74 Å². The minimum Gasteiger partial charge on any atom is -0.503 e. The maximum absolute atomic E-state index is 13.8. The van der Waals surface area contributed by atoms with Crippen molar-refractivity contribution in [1.29, 1.82) is 0 Å². The number of nitrogens with zero attached hydrogens (tertiary/aromatic N) is 1. The van der Waals surface area contributed by atoms with E-state index in [1.165, 1.54) is 6.07 Å². The fourth-order valence-electron chi connectivity index (χ4n) is 4.49. The van der Waals surface area contributed by atoms with Gasteiger partial charge in [-0.2, -0.15) is 0 Å². The monoisotopic (exact) mass is 427 g/mol. The number of likely N-dealkylation sites (tertiary alicyclic amines) is 1. The molecule has 2 aliphatic rings. The molecular weight excluding hydrogens is 406 g/mol. The average molecular weight is 427 g/mol. The van der Waals surface area contributed by atoms with Crippen molar-refractivity contribution in [2.24, 2.45) is 5.92 Å². The molecule has 1 saturated heterocycles. The molecule has 1 saturated carbocycles. The van der Waals surface area contributed by atoms with Crippen LogP contribution in [0, 0.1) is 29.2 Å². The van der Waals surface area contributed by atoms with Crippen molar-refractivity contribution in [3.8, 4) is 11.5 Å². The lowest BCUT2D eigenvalue weighted by atomic mass is 9.95. The molecule has 0 spiro atoms. The first kappa shape index (κ1) is 20.9. The van der Waals surface area contributed by atoms with Gasteiger partial charge in [-0.3, -0.25) is 4.90 Å². The summed E-state index contributed by atoms with van der Waals surface area (Å²) < 4.78 is 59.5. The van der Waals surface area contributed by atoms with Crippen molar-refractivity contribution in [2.75, 3.05) is 19.6 Å². The minimum atomic E-state index is -1.21. The molecule has 0 bridgehead atoms. The van der Waals surface area contributed by atoms with E-state index in [9.17, 15) is 32.9 Å². The quantitative estimate of drug-likeness (QED) is 0.640. The van der Waals surface area contributed by atoms with Crippen LogP contribution in [0.5, 0.6) is 11.5 Å². The number of phenols is 1. The number of aliphatic hydroxyl groups excluding tert-OH is 1. The number of ether oxygens (including phenoxy) is 1. The van der Waals surface area contributed by atoms with Crippen LogP contribution in [0.1, 0.15) is 24.5 Å². The molecule has 1 aliphatic carbocycles. The highest BCUT2D eigenvalue weighted by molar-refractivity contribution is 5.31. The van der Waals surface area contributed by atoms with Gasteiger partial charge in [0.25, 0.3) is 0 Å². The number of phenolic OH excluding ortho intramolecular Hbond substituents is 1. The van der Waals surface area contributed by atoms with Gasteiger partial charge >= 0.3 is 0 Å². The summed E-state index contributed by atoms with van der Waals surface area (Å²) in [6.07, 6.45) is -0.962. The van der Waals surface area contributed by atoms with Crippen LogP contribution in [0.25, 0.3) is 0 Å². The van der Waals surface area contributed by atoms with Crippen molar-refractivity contribution in [2.45, 2.75) is 30.7 Å². The summed E-state index contributed by atoms with van der Waals surface area (Å²) in [5.74, 6) is -5.19. The number of aliphatic hydroxyl groups is 2. The summed E-state index contributed by atoms with van der Waals surface area (Å²) in [6, 6.07) is 4.78. The van der Waals surface area contributed by atoms with Gasteiger partial charge in [0.05, 0.1) is 11.7 Å². The molecule has 9 heteroatoms. The second kappa shape index (κ2) is 7.72. The van der Waals surface area contributed by atoms with Crippen molar-refractivity contribution in [3.63, 3.8) is 0 Å². The van der Waals surface area contributed by atoms with Crippen molar-refractivity contribution in [1.82, 2.24) is 4.90 Å². The number of hydrogen-bond donors (Lipinski definition) is 3. The number of rotatable bonds is 5. The highest BCUT2D eigenvalue weighted by Gasteiger charge is 2.53. The molecule has 30 heavy (non-hydrogen) atoms. The maximum atomic E-state index is 13.8. The van der Waals surface area contributed by atoms with Gasteiger partial charge in [-0.1, -0.05) is 0 Å². The first-order valence-corrected chi connectivity index (χ1v) is 9.57. The van der Waals surface area contributed by atoms with Crippen LogP contribution in [0.15, 0.2) is 30.3 Å². The first-order valence-electron chi connectivity index (χ1n) is 9.57. The topological polar surface area (TPSA) is 73.2 Å². The number of hydrogen-bond acceptors (Lipinski definition) is 5. The van der Waals surface area contributed by atoms with Crippen LogP contribution in [-0.4, -0.2) is 51.6 Å². The fourth-order valence-corrected chi connectivity index (χ4v) is 4.49. The van der Waals surface area contributed by atoms with Gasteiger partial charge in [0.1, 0.15) is 11.9 Å². The molecular formula is C21H21F4NO4. The van der Waals surface area contributed by atoms with Crippen LogP contribution in [0.2, 0.25) is 0 Å². The van der Waals surface area contributed by atoms with E-state index >= 15 is 0 Å². The minimum absolute atomic E-state index is 0.0140.